The number of methoxy groups -OCH3 is 2. The first-order valence-corrected chi connectivity index (χ1v) is 12.4. The highest BCUT2D eigenvalue weighted by Gasteiger charge is 2.42. The SMILES string of the molecule is COc1ccc(OC)c(NC(=O)Cc2ccc(NC3=N[C@H]4CS(=O)(=O)C[C@@H]4S3)cc2)c1. The molecule has 1 fully saturated rings. The highest BCUT2D eigenvalue weighted by Crippen LogP contribution is 2.34. The summed E-state index contributed by atoms with van der Waals surface area (Å²) in [7, 11) is 0.148. The summed E-state index contributed by atoms with van der Waals surface area (Å²) in [6.45, 7) is 0. The monoisotopic (exact) mass is 461 g/mol. The number of sulfone groups is 1. The van der Waals surface area contributed by atoms with Crippen molar-refractivity contribution in [2.45, 2.75) is 17.7 Å². The van der Waals surface area contributed by atoms with Gasteiger partial charge in [-0.1, -0.05) is 23.9 Å². The molecule has 1 amide bonds. The van der Waals surface area contributed by atoms with Gasteiger partial charge >= 0.3 is 0 Å². The van der Waals surface area contributed by atoms with E-state index in [1.54, 1.807) is 32.4 Å². The molecule has 2 atom stereocenters. The van der Waals surface area contributed by atoms with E-state index in [4.69, 9.17) is 9.47 Å². The summed E-state index contributed by atoms with van der Waals surface area (Å²) < 4.78 is 33.8. The fraction of sp³-hybridized carbons (Fsp3) is 0.333. The predicted octanol–water partition coefficient (Wildman–Crippen LogP) is 2.57. The van der Waals surface area contributed by atoms with E-state index in [9.17, 15) is 13.2 Å². The quantitative estimate of drug-likeness (QED) is 0.681. The number of benzene rings is 2. The highest BCUT2D eigenvalue weighted by atomic mass is 32.2. The molecule has 0 aromatic heterocycles. The number of amidine groups is 1. The van der Waals surface area contributed by atoms with E-state index in [1.807, 2.05) is 24.3 Å². The second-order valence-electron chi connectivity index (χ2n) is 7.35. The van der Waals surface area contributed by atoms with E-state index in [-0.39, 0.29) is 35.1 Å². The van der Waals surface area contributed by atoms with Crippen LogP contribution < -0.4 is 20.1 Å². The van der Waals surface area contributed by atoms with Crippen LogP contribution in [0.1, 0.15) is 5.56 Å². The van der Waals surface area contributed by atoms with Gasteiger partial charge in [0, 0.05) is 17.0 Å². The average Bonchev–Trinajstić information content (AvgIpc) is 3.21. The zero-order valence-electron chi connectivity index (χ0n) is 17.1. The number of hydrogen-bond donors (Lipinski definition) is 2. The van der Waals surface area contributed by atoms with Crippen LogP contribution in [0, 0.1) is 0 Å². The second kappa shape index (κ2) is 8.80. The first-order chi connectivity index (χ1) is 14.8. The van der Waals surface area contributed by atoms with Crippen LogP contribution in [0.3, 0.4) is 0 Å². The molecule has 2 aliphatic heterocycles. The molecule has 0 bridgehead atoms. The maximum absolute atomic E-state index is 12.5. The van der Waals surface area contributed by atoms with Gasteiger partial charge in [-0.15, -0.1) is 0 Å². The molecule has 4 rings (SSSR count). The van der Waals surface area contributed by atoms with Crippen LogP contribution in [-0.2, 0) is 21.1 Å². The van der Waals surface area contributed by atoms with Crippen molar-refractivity contribution < 1.29 is 22.7 Å². The molecule has 2 aliphatic rings. The topological polar surface area (TPSA) is 106 Å². The van der Waals surface area contributed by atoms with Gasteiger partial charge in [0.1, 0.15) is 11.5 Å². The molecule has 8 nitrogen and oxygen atoms in total. The third kappa shape index (κ3) is 5.13. The van der Waals surface area contributed by atoms with Crippen LogP contribution in [0.15, 0.2) is 47.5 Å². The summed E-state index contributed by atoms with van der Waals surface area (Å²) in [5.74, 6) is 1.32. The first kappa shape index (κ1) is 21.5. The van der Waals surface area contributed by atoms with E-state index in [0.29, 0.717) is 17.2 Å². The number of nitrogens with zero attached hydrogens (tertiary/aromatic N) is 1. The fourth-order valence-corrected chi connectivity index (χ4v) is 7.21. The zero-order chi connectivity index (χ0) is 22.0. The number of thioether (sulfide) groups is 1. The molecule has 2 heterocycles. The fourth-order valence-electron chi connectivity index (χ4n) is 3.54. The number of carbonyl (C=O) groups is 1. The van der Waals surface area contributed by atoms with Crippen LogP contribution in [0.5, 0.6) is 11.5 Å². The maximum atomic E-state index is 12.5. The van der Waals surface area contributed by atoms with E-state index in [2.05, 4.69) is 15.6 Å². The molecule has 1 saturated heterocycles. The summed E-state index contributed by atoms with van der Waals surface area (Å²) in [6.07, 6.45) is 0.207. The first-order valence-electron chi connectivity index (χ1n) is 9.68. The Labute approximate surface area is 185 Å². The lowest BCUT2D eigenvalue weighted by Crippen LogP contribution is -2.15. The van der Waals surface area contributed by atoms with Gasteiger partial charge in [0.25, 0.3) is 0 Å². The highest BCUT2D eigenvalue weighted by molar-refractivity contribution is 8.15. The van der Waals surface area contributed by atoms with Crippen LogP contribution >= 0.6 is 11.8 Å². The molecule has 2 aromatic carbocycles. The third-order valence-corrected chi connectivity index (χ3v) is 8.21. The van der Waals surface area contributed by atoms with Gasteiger partial charge < -0.3 is 20.1 Å². The summed E-state index contributed by atoms with van der Waals surface area (Å²) in [5, 5.41) is 6.83. The molecular formula is C21H23N3O5S2. The molecule has 0 radical (unpaired) electrons. The van der Waals surface area contributed by atoms with Gasteiger partial charge in [0.15, 0.2) is 15.0 Å². The smallest absolute Gasteiger partial charge is 0.228 e. The van der Waals surface area contributed by atoms with Gasteiger partial charge in [0.05, 0.1) is 43.9 Å². The molecular weight excluding hydrogens is 438 g/mol. The van der Waals surface area contributed by atoms with Gasteiger partial charge in [-0.2, -0.15) is 0 Å². The van der Waals surface area contributed by atoms with Gasteiger partial charge in [-0.05, 0) is 29.8 Å². The Hall–Kier alpha value is -2.72. The number of carbonyl (C=O) groups excluding carboxylic acids is 1. The summed E-state index contributed by atoms with van der Waals surface area (Å²) in [4.78, 5) is 17.0. The predicted molar refractivity (Wildman–Crippen MR) is 123 cm³/mol. The Morgan fingerprint density at radius 3 is 2.58 bits per heavy atom. The molecule has 2 aromatic rings. The molecule has 164 valence electrons. The largest absolute Gasteiger partial charge is 0.497 e. The Kier molecular flexibility index (Phi) is 6.10. The van der Waals surface area contributed by atoms with Gasteiger partial charge in [-0.3, -0.25) is 9.79 Å². The third-order valence-electron chi connectivity index (χ3n) is 5.07. The molecule has 0 saturated carbocycles. The number of fused-ring (bicyclic) bond motifs is 1. The van der Waals surface area contributed by atoms with Crippen molar-refractivity contribution in [2.75, 3.05) is 36.4 Å². The molecule has 0 unspecified atom stereocenters. The molecule has 0 aliphatic carbocycles. The van der Waals surface area contributed by atoms with Crippen molar-refractivity contribution in [1.82, 2.24) is 0 Å². The Morgan fingerprint density at radius 1 is 1.13 bits per heavy atom. The Bertz CT molecular complexity index is 1120. The number of hydrogen-bond acceptors (Lipinski definition) is 8. The number of rotatable bonds is 6. The van der Waals surface area contributed by atoms with Gasteiger partial charge in [-0.25, -0.2) is 8.42 Å². The van der Waals surface area contributed by atoms with Crippen molar-refractivity contribution in [3.63, 3.8) is 0 Å². The van der Waals surface area contributed by atoms with E-state index >= 15 is 0 Å². The molecule has 0 spiro atoms. The van der Waals surface area contributed by atoms with Crippen molar-refractivity contribution in [3.05, 3.63) is 48.0 Å². The lowest BCUT2D eigenvalue weighted by Gasteiger charge is -2.12. The minimum atomic E-state index is -2.96. The Morgan fingerprint density at radius 2 is 1.90 bits per heavy atom. The standard InChI is InChI=1S/C21H23N3O5S2/c1-28-15-7-8-18(29-2)16(10-15)23-20(25)9-13-3-5-14(6-4-13)22-21-24-17-11-31(26,27)12-19(17)30-21/h3-8,10,17,19H,9,11-12H2,1-2H3,(H,22,24)(H,23,25)/t17-,19-/m0/s1. The zero-order valence-corrected chi connectivity index (χ0v) is 18.8. The van der Waals surface area contributed by atoms with E-state index in [1.165, 1.54) is 11.8 Å². The number of amides is 1. The minimum absolute atomic E-state index is 0.00377. The summed E-state index contributed by atoms with van der Waals surface area (Å²) in [5.41, 5.74) is 2.25. The van der Waals surface area contributed by atoms with Crippen LogP contribution in [0.25, 0.3) is 0 Å². The van der Waals surface area contributed by atoms with Crippen LogP contribution in [0.2, 0.25) is 0 Å². The molecule has 10 heteroatoms. The lowest BCUT2D eigenvalue weighted by atomic mass is 10.1. The normalized spacial score (nSPS) is 21.2. The molecule has 31 heavy (non-hydrogen) atoms. The number of nitrogens with one attached hydrogen (secondary N) is 2. The van der Waals surface area contributed by atoms with Crippen LogP contribution in [-0.4, -0.2) is 56.5 Å². The van der Waals surface area contributed by atoms with Gasteiger partial charge in [0.2, 0.25) is 5.91 Å². The lowest BCUT2D eigenvalue weighted by molar-refractivity contribution is -0.115. The summed E-state index contributed by atoms with van der Waals surface area (Å²) in [6, 6.07) is 12.6. The van der Waals surface area contributed by atoms with Crippen molar-refractivity contribution >= 4 is 44.0 Å². The van der Waals surface area contributed by atoms with Crippen molar-refractivity contribution in [2.24, 2.45) is 4.99 Å². The second-order valence-corrected chi connectivity index (χ2v) is 10.7. The number of ether oxygens (including phenoxy) is 2. The average molecular weight is 462 g/mol. The Balaban J connectivity index is 1.34. The maximum Gasteiger partial charge on any atom is 0.228 e. The van der Waals surface area contributed by atoms with Crippen LogP contribution in [0.4, 0.5) is 11.4 Å². The summed E-state index contributed by atoms with van der Waals surface area (Å²) >= 11 is 1.47. The van der Waals surface area contributed by atoms with E-state index in [0.717, 1.165) is 16.4 Å². The van der Waals surface area contributed by atoms with Crippen molar-refractivity contribution in [1.29, 1.82) is 0 Å². The molecule has 2 N–H and O–H groups in total. The minimum Gasteiger partial charge on any atom is -0.497 e. The van der Waals surface area contributed by atoms with Crippen molar-refractivity contribution in [3.8, 4) is 11.5 Å². The number of anilines is 2. The van der Waals surface area contributed by atoms with E-state index < -0.39 is 9.84 Å². The number of aliphatic imine (C=N–C) groups is 1.